The number of carboxylic acids is 1. The van der Waals surface area contributed by atoms with Gasteiger partial charge in [-0.1, -0.05) is 17.7 Å². The van der Waals surface area contributed by atoms with Crippen LogP contribution in [0.15, 0.2) is 18.2 Å². The number of thioether (sulfide) groups is 1. The van der Waals surface area contributed by atoms with Crippen LogP contribution < -0.4 is 0 Å². The first-order valence-electron chi connectivity index (χ1n) is 6.94. The summed E-state index contributed by atoms with van der Waals surface area (Å²) in [5.74, 6) is -0.912. The van der Waals surface area contributed by atoms with Crippen LogP contribution >= 0.6 is 23.4 Å². The van der Waals surface area contributed by atoms with E-state index in [4.69, 9.17) is 16.3 Å². The molecule has 1 aliphatic rings. The molecular formula is C15H18ClNO5S. The predicted octanol–water partition coefficient (Wildman–Crippen LogP) is 3.48. The highest BCUT2D eigenvalue weighted by Gasteiger charge is 2.44. The lowest BCUT2D eigenvalue weighted by molar-refractivity contribution is -0.142. The quantitative estimate of drug-likeness (QED) is 0.840. The average Bonchev–Trinajstić information content (AvgIpc) is 2.85. The number of halogens is 1. The summed E-state index contributed by atoms with van der Waals surface area (Å²) < 4.78 is 5.34. The molecule has 1 aromatic rings. The highest BCUT2D eigenvalue weighted by molar-refractivity contribution is 7.99. The molecule has 0 radical (unpaired) electrons. The third-order valence-corrected chi connectivity index (χ3v) is 4.77. The summed E-state index contributed by atoms with van der Waals surface area (Å²) in [6.45, 7) is 5.16. The van der Waals surface area contributed by atoms with Crippen molar-refractivity contribution in [1.29, 1.82) is 0 Å². The fourth-order valence-corrected chi connectivity index (χ4v) is 3.76. The van der Waals surface area contributed by atoms with Crippen molar-refractivity contribution in [3.8, 4) is 5.75 Å². The van der Waals surface area contributed by atoms with Crippen LogP contribution in [0.3, 0.4) is 0 Å². The van der Waals surface area contributed by atoms with Gasteiger partial charge in [-0.15, -0.1) is 11.8 Å². The zero-order valence-corrected chi connectivity index (χ0v) is 14.5. The molecule has 2 N–H and O–H groups in total. The number of ether oxygens (including phenoxy) is 1. The van der Waals surface area contributed by atoms with Crippen molar-refractivity contribution >= 4 is 35.4 Å². The Bertz CT molecular complexity index is 631. The van der Waals surface area contributed by atoms with E-state index in [0.29, 0.717) is 5.56 Å². The Morgan fingerprint density at radius 1 is 1.39 bits per heavy atom. The number of carboxylic acid groups (broad SMARTS) is 1. The Hall–Kier alpha value is -1.60. The second kappa shape index (κ2) is 6.49. The van der Waals surface area contributed by atoms with Crippen LogP contribution in [-0.2, 0) is 9.53 Å². The summed E-state index contributed by atoms with van der Waals surface area (Å²) in [7, 11) is 0. The largest absolute Gasteiger partial charge is 0.506 e. The molecule has 0 saturated carbocycles. The number of amides is 1. The van der Waals surface area contributed by atoms with Gasteiger partial charge in [0.2, 0.25) is 0 Å². The van der Waals surface area contributed by atoms with Crippen LogP contribution in [0.2, 0.25) is 5.02 Å². The first-order valence-corrected chi connectivity index (χ1v) is 8.37. The molecule has 1 aliphatic heterocycles. The van der Waals surface area contributed by atoms with Crippen molar-refractivity contribution in [2.75, 3.05) is 5.75 Å². The van der Waals surface area contributed by atoms with Gasteiger partial charge >= 0.3 is 12.1 Å². The third-order valence-electron chi connectivity index (χ3n) is 3.15. The van der Waals surface area contributed by atoms with Gasteiger partial charge in [-0.2, -0.15) is 0 Å². The fraction of sp³-hybridized carbons (Fsp3) is 0.467. The maximum atomic E-state index is 12.5. The normalized spacial score (nSPS) is 21.3. The molecule has 1 unspecified atom stereocenters. The molecule has 2 atom stereocenters. The molecule has 1 heterocycles. The summed E-state index contributed by atoms with van der Waals surface area (Å²) in [6.07, 6.45) is -0.691. The number of phenols is 1. The molecule has 1 fully saturated rings. The molecule has 2 rings (SSSR count). The van der Waals surface area contributed by atoms with Gasteiger partial charge in [-0.25, -0.2) is 9.59 Å². The average molecular weight is 360 g/mol. The Kier molecular flexibility index (Phi) is 5.01. The maximum Gasteiger partial charge on any atom is 0.412 e. The van der Waals surface area contributed by atoms with E-state index < -0.39 is 29.1 Å². The summed E-state index contributed by atoms with van der Waals surface area (Å²) in [6, 6.07) is 3.57. The number of nitrogens with zero attached hydrogens (tertiary/aromatic N) is 1. The topological polar surface area (TPSA) is 87.1 Å². The van der Waals surface area contributed by atoms with E-state index in [-0.39, 0.29) is 16.5 Å². The second-order valence-electron chi connectivity index (χ2n) is 6.14. The lowest BCUT2D eigenvalue weighted by atomic mass is 10.1. The van der Waals surface area contributed by atoms with Gasteiger partial charge in [0.05, 0.1) is 5.02 Å². The fourth-order valence-electron chi connectivity index (χ4n) is 2.17. The SMILES string of the molecule is CC(C)(C)OC(=O)N1C(c2ccc(O)c(Cl)c2)SC[C@@H]1C(=O)O. The second-order valence-corrected chi connectivity index (χ2v) is 7.66. The molecule has 0 aliphatic carbocycles. The lowest BCUT2D eigenvalue weighted by Gasteiger charge is -2.30. The molecule has 0 spiro atoms. The maximum absolute atomic E-state index is 12.5. The van der Waals surface area contributed by atoms with E-state index in [2.05, 4.69) is 0 Å². The lowest BCUT2D eigenvalue weighted by Crippen LogP contribution is -2.45. The number of hydrogen-bond acceptors (Lipinski definition) is 5. The number of carbonyl (C=O) groups excluding carboxylic acids is 1. The molecule has 1 amide bonds. The standard InChI is InChI=1S/C15H18ClNO5S/c1-15(2,3)22-14(21)17-10(13(19)20)7-23-12(17)8-4-5-11(18)9(16)6-8/h4-6,10,12,18H,7H2,1-3H3,(H,19,20)/t10-,12?/m1/s1. The first kappa shape index (κ1) is 17.7. The Balaban J connectivity index is 2.35. The zero-order valence-electron chi connectivity index (χ0n) is 12.9. The van der Waals surface area contributed by atoms with Crippen molar-refractivity contribution in [2.45, 2.75) is 37.8 Å². The summed E-state index contributed by atoms with van der Waals surface area (Å²) in [4.78, 5) is 25.1. The van der Waals surface area contributed by atoms with Crippen molar-refractivity contribution in [3.05, 3.63) is 28.8 Å². The molecule has 126 valence electrons. The highest BCUT2D eigenvalue weighted by atomic mass is 35.5. The van der Waals surface area contributed by atoms with Gasteiger partial charge in [0.15, 0.2) is 0 Å². The van der Waals surface area contributed by atoms with Crippen molar-refractivity contribution in [2.24, 2.45) is 0 Å². The van der Waals surface area contributed by atoms with Crippen molar-refractivity contribution in [1.82, 2.24) is 4.90 Å². The molecule has 0 aromatic heterocycles. The smallest absolute Gasteiger partial charge is 0.412 e. The molecule has 0 bridgehead atoms. The van der Waals surface area contributed by atoms with Gasteiger partial charge in [0.1, 0.15) is 22.8 Å². The summed E-state index contributed by atoms with van der Waals surface area (Å²) in [5, 5.41) is 18.5. The van der Waals surface area contributed by atoms with Gasteiger partial charge < -0.3 is 14.9 Å². The van der Waals surface area contributed by atoms with Gasteiger partial charge in [0.25, 0.3) is 0 Å². The summed E-state index contributed by atoms with van der Waals surface area (Å²) in [5.41, 5.74) is -0.0997. The minimum absolute atomic E-state index is 0.0722. The Labute approximate surface area is 143 Å². The Morgan fingerprint density at radius 3 is 2.57 bits per heavy atom. The minimum atomic E-state index is -1.09. The van der Waals surface area contributed by atoms with Gasteiger partial charge in [0, 0.05) is 5.75 Å². The van der Waals surface area contributed by atoms with Crippen LogP contribution in [0, 0.1) is 0 Å². The van der Waals surface area contributed by atoms with E-state index in [1.54, 1.807) is 26.8 Å². The number of hydrogen-bond donors (Lipinski definition) is 2. The monoisotopic (exact) mass is 359 g/mol. The van der Waals surface area contributed by atoms with Crippen molar-refractivity contribution < 1.29 is 24.5 Å². The molecule has 23 heavy (non-hydrogen) atoms. The number of benzene rings is 1. The van der Waals surface area contributed by atoms with E-state index in [9.17, 15) is 19.8 Å². The molecular weight excluding hydrogens is 342 g/mol. The number of rotatable bonds is 2. The predicted molar refractivity (Wildman–Crippen MR) is 87.8 cm³/mol. The van der Waals surface area contributed by atoms with Gasteiger partial charge in [-0.3, -0.25) is 4.90 Å². The van der Waals surface area contributed by atoms with Crippen LogP contribution in [-0.4, -0.2) is 44.6 Å². The Morgan fingerprint density at radius 2 is 2.04 bits per heavy atom. The first-order chi connectivity index (χ1) is 10.6. The van der Waals surface area contributed by atoms with Crippen LogP contribution in [0.4, 0.5) is 4.79 Å². The molecule has 1 aromatic carbocycles. The van der Waals surface area contributed by atoms with Crippen LogP contribution in [0.1, 0.15) is 31.7 Å². The minimum Gasteiger partial charge on any atom is -0.506 e. The highest BCUT2D eigenvalue weighted by Crippen LogP contribution is 2.43. The van der Waals surface area contributed by atoms with E-state index >= 15 is 0 Å². The molecule has 8 heteroatoms. The van der Waals surface area contributed by atoms with Crippen LogP contribution in [0.5, 0.6) is 5.75 Å². The van der Waals surface area contributed by atoms with E-state index in [0.717, 1.165) is 0 Å². The molecule has 1 saturated heterocycles. The van der Waals surface area contributed by atoms with Crippen molar-refractivity contribution in [3.63, 3.8) is 0 Å². The van der Waals surface area contributed by atoms with E-state index in [1.165, 1.54) is 28.8 Å². The molecule has 6 nitrogen and oxygen atoms in total. The number of aromatic hydroxyl groups is 1. The van der Waals surface area contributed by atoms with Gasteiger partial charge in [-0.05, 0) is 38.5 Å². The van der Waals surface area contributed by atoms with E-state index in [1.807, 2.05) is 0 Å². The number of phenolic OH excluding ortho intramolecular Hbond substituents is 1. The zero-order chi connectivity index (χ0) is 17.4. The third kappa shape index (κ3) is 4.03. The summed E-state index contributed by atoms with van der Waals surface area (Å²) >= 11 is 7.23. The number of carbonyl (C=O) groups is 2. The van der Waals surface area contributed by atoms with Crippen LogP contribution in [0.25, 0.3) is 0 Å². The number of aliphatic carboxylic acids is 1.